The molecule has 0 aliphatic rings. The number of amides is 1. The molecule has 0 spiro atoms. The number of hydrogen-bond donors (Lipinski definition) is 2. The normalized spacial score (nSPS) is 10.8. The fourth-order valence-electron chi connectivity index (χ4n) is 2.25. The number of benzene rings is 2. The highest BCUT2D eigenvalue weighted by Crippen LogP contribution is 2.34. The van der Waals surface area contributed by atoms with E-state index in [-0.39, 0.29) is 17.1 Å². The molecule has 150 valence electrons. The largest absolute Gasteiger partial charge is 0.493 e. The third-order valence-corrected chi connectivity index (χ3v) is 4.82. The molecule has 29 heavy (non-hydrogen) atoms. The van der Waals surface area contributed by atoms with Gasteiger partial charge < -0.3 is 19.9 Å². The van der Waals surface area contributed by atoms with Gasteiger partial charge in [-0.3, -0.25) is 4.79 Å². The maximum atomic E-state index is 12.5. The van der Waals surface area contributed by atoms with Crippen LogP contribution in [0.5, 0.6) is 11.5 Å². The molecular weight excluding hydrogens is 464 g/mol. The molecule has 2 rings (SSSR count). The Morgan fingerprint density at radius 3 is 2.62 bits per heavy atom. The lowest BCUT2D eigenvalue weighted by atomic mass is 10.1. The summed E-state index contributed by atoms with van der Waals surface area (Å²) in [6.07, 6.45) is 1.37. The van der Waals surface area contributed by atoms with E-state index in [0.717, 1.165) is 5.56 Å². The first-order valence-electron chi connectivity index (χ1n) is 8.16. The number of anilines is 1. The fourth-order valence-corrected chi connectivity index (χ4v) is 2.86. The van der Waals surface area contributed by atoms with Gasteiger partial charge in [0.15, 0.2) is 18.1 Å². The summed E-state index contributed by atoms with van der Waals surface area (Å²) in [5.41, 5.74) is 1.64. The van der Waals surface area contributed by atoms with E-state index >= 15 is 0 Å². The van der Waals surface area contributed by atoms with Crippen molar-refractivity contribution in [1.82, 2.24) is 0 Å². The van der Waals surface area contributed by atoms with E-state index in [1.165, 1.54) is 25.3 Å². The van der Waals surface area contributed by atoms with Gasteiger partial charge in [-0.05, 0) is 48.4 Å². The van der Waals surface area contributed by atoms with Gasteiger partial charge >= 0.3 is 5.97 Å². The van der Waals surface area contributed by atoms with E-state index in [1.54, 1.807) is 18.2 Å². The molecule has 0 unspecified atom stereocenters. The Morgan fingerprint density at radius 2 is 2.03 bits per heavy atom. The van der Waals surface area contributed by atoms with Gasteiger partial charge in [0, 0.05) is 15.2 Å². The first-order chi connectivity index (χ1) is 13.7. The van der Waals surface area contributed by atoms with E-state index in [4.69, 9.17) is 26.2 Å². The van der Waals surface area contributed by atoms with Gasteiger partial charge in [0.25, 0.3) is 5.91 Å². The minimum Gasteiger partial charge on any atom is -0.493 e. The highest BCUT2D eigenvalue weighted by Gasteiger charge is 2.15. The van der Waals surface area contributed by atoms with Crippen molar-refractivity contribution in [3.05, 3.63) is 56.5 Å². The lowest BCUT2D eigenvalue weighted by Crippen LogP contribution is -2.13. The molecule has 0 radical (unpaired) electrons. The van der Waals surface area contributed by atoms with Crippen LogP contribution in [0.1, 0.15) is 11.1 Å². The summed E-state index contributed by atoms with van der Waals surface area (Å²) in [5.74, 6) is -1.28. The van der Waals surface area contributed by atoms with Crippen LogP contribution in [0.25, 0.3) is 6.08 Å². The van der Waals surface area contributed by atoms with Gasteiger partial charge in [0.1, 0.15) is 11.6 Å². The van der Waals surface area contributed by atoms with Crippen LogP contribution in [0.3, 0.4) is 0 Å². The number of carboxylic acid groups (broad SMARTS) is 1. The van der Waals surface area contributed by atoms with Crippen molar-refractivity contribution in [3.63, 3.8) is 0 Å². The number of nitrogens with one attached hydrogen (secondary N) is 1. The second-order valence-corrected chi connectivity index (χ2v) is 7.06. The van der Waals surface area contributed by atoms with E-state index in [2.05, 4.69) is 21.2 Å². The van der Waals surface area contributed by atoms with Crippen LogP contribution >= 0.6 is 27.5 Å². The first kappa shape index (κ1) is 22.3. The van der Waals surface area contributed by atoms with Crippen molar-refractivity contribution in [2.45, 2.75) is 6.92 Å². The molecule has 2 aromatic carbocycles. The standard InChI is InChI=1S/C20H16BrClN2O5/c1-11-3-4-14(7-16(11)22)24-20(27)13(9-23)5-12-6-17(28-2)18(8-15(12)21)29-10-19(25)26/h3-8H,10H2,1-2H3,(H,24,27)(H,25,26)/b13-5+. The van der Waals surface area contributed by atoms with Crippen molar-refractivity contribution in [1.29, 1.82) is 5.26 Å². The number of carbonyl (C=O) groups is 2. The molecule has 0 atom stereocenters. The van der Waals surface area contributed by atoms with E-state index < -0.39 is 18.5 Å². The zero-order chi connectivity index (χ0) is 21.6. The number of aryl methyl sites for hydroxylation is 1. The fraction of sp³-hybridized carbons (Fsp3) is 0.150. The number of carboxylic acids is 1. The predicted molar refractivity (Wildman–Crippen MR) is 112 cm³/mol. The molecular formula is C20H16BrClN2O5. The molecule has 2 N–H and O–H groups in total. The van der Waals surface area contributed by atoms with Gasteiger partial charge in [0.2, 0.25) is 0 Å². The van der Waals surface area contributed by atoms with Crippen LogP contribution in [0.4, 0.5) is 5.69 Å². The Hall–Kier alpha value is -3.02. The van der Waals surface area contributed by atoms with Crippen LogP contribution in [0.2, 0.25) is 5.02 Å². The van der Waals surface area contributed by atoms with Gasteiger partial charge in [-0.1, -0.05) is 33.6 Å². The lowest BCUT2D eigenvalue weighted by molar-refractivity contribution is -0.139. The number of nitrogens with zero attached hydrogens (tertiary/aromatic N) is 1. The summed E-state index contributed by atoms with van der Waals surface area (Å²) in [6.45, 7) is 1.30. The monoisotopic (exact) mass is 478 g/mol. The zero-order valence-corrected chi connectivity index (χ0v) is 17.8. The summed E-state index contributed by atoms with van der Waals surface area (Å²) in [6, 6.07) is 9.92. The SMILES string of the molecule is COc1cc(/C=C(\C#N)C(=O)Nc2ccc(C)c(Cl)c2)c(Br)cc1OCC(=O)O. The Kier molecular flexibility index (Phi) is 7.65. The smallest absolute Gasteiger partial charge is 0.341 e. The maximum absolute atomic E-state index is 12.5. The number of rotatable bonds is 7. The number of aliphatic carboxylic acids is 1. The molecule has 0 fully saturated rings. The molecule has 0 saturated heterocycles. The predicted octanol–water partition coefficient (Wildman–Crippen LogP) is 4.43. The van der Waals surface area contributed by atoms with E-state index in [0.29, 0.717) is 20.7 Å². The minimum atomic E-state index is -1.13. The van der Waals surface area contributed by atoms with Crippen molar-refractivity contribution in [2.75, 3.05) is 19.0 Å². The number of methoxy groups -OCH3 is 1. The third-order valence-electron chi connectivity index (χ3n) is 3.73. The van der Waals surface area contributed by atoms with Crippen LogP contribution in [0.15, 0.2) is 40.4 Å². The Bertz CT molecular complexity index is 1030. The molecule has 7 nitrogen and oxygen atoms in total. The molecule has 2 aromatic rings. The molecule has 0 bridgehead atoms. The summed E-state index contributed by atoms with van der Waals surface area (Å²) in [5, 5.41) is 21.3. The van der Waals surface area contributed by atoms with Crippen LogP contribution < -0.4 is 14.8 Å². The summed E-state index contributed by atoms with van der Waals surface area (Å²) in [7, 11) is 1.39. The minimum absolute atomic E-state index is 0.149. The van der Waals surface area contributed by atoms with Crippen LogP contribution in [0, 0.1) is 18.3 Å². The molecule has 0 aromatic heterocycles. The summed E-state index contributed by atoms with van der Waals surface area (Å²) >= 11 is 9.38. The second-order valence-electron chi connectivity index (χ2n) is 5.79. The van der Waals surface area contributed by atoms with Gasteiger partial charge in [0.05, 0.1) is 7.11 Å². The number of nitriles is 1. The molecule has 0 heterocycles. The molecule has 9 heteroatoms. The Morgan fingerprint density at radius 1 is 1.31 bits per heavy atom. The van der Waals surface area contributed by atoms with Crippen molar-refractivity contribution >= 4 is 51.2 Å². The average molecular weight is 480 g/mol. The Labute approximate surface area is 180 Å². The van der Waals surface area contributed by atoms with Crippen LogP contribution in [-0.4, -0.2) is 30.7 Å². The molecule has 0 aliphatic heterocycles. The van der Waals surface area contributed by atoms with Gasteiger partial charge in [-0.2, -0.15) is 5.26 Å². The average Bonchev–Trinajstić information content (AvgIpc) is 2.68. The van der Waals surface area contributed by atoms with Gasteiger partial charge in [-0.15, -0.1) is 0 Å². The zero-order valence-electron chi connectivity index (χ0n) is 15.5. The van der Waals surface area contributed by atoms with Crippen LogP contribution in [-0.2, 0) is 9.59 Å². The number of halogens is 2. The molecule has 0 aliphatic carbocycles. The maximum Gasteiger partial charge on any atom is 0.341 e. The van der Waals surface area contributed by atoms with E-state index in [1.807, 2.05) is 13.0 Å². The molecule has 1 amide bonds. The highest BCUT2D eigenvalue weighted by atomic mass is 79.9. The Balaban J connectivity index is 2.31. The highest BCUT2D eigenvalue weighted by molar-refractivity contribution is 9.10. The van der Waals surface area contributed by atoms with Crippen molar-refractivity contribution in [2.24, 2.45) is 0 Å². The number of carbonyl (C=O) groups excluding carboxylic acids is 1. The van der Waals surface area contributed by atoms with Crippen molar-refractivity contribution < 1.29 is 24.2 Å². The summed E-state index contributed by atoms with van der Waals surface area (Å²) < 4.78 is 10.9. The molecule has 0 saturated carbocycles. The first-order valence-corrected chi connectivity index (χ1v) is 9.33. The number of ether oxygens (including phenoxy) is 2. The van der Waals surface area contributed by atoms with Crippen molar-refractivity contribution in [3.8, 4) is 17.6 Å². The third kappa shape index (κ3) is 5.98. The van der Waals surface area contributed by atoms with E-state index in [9.17, 15) is 14.9 Å². The summed E-state index contributed by atoms with van der Waals surface area (Å²) in [4.78, 5) is 23.2. The number of hydrogen-bond acceptors (Lipinski definition) is 5. The second kappa shape index (κ2) is 9.96. The lowest BCUT2D eigenvalue weighted by Gasteiger charge is -2.12. The van der Waals surface area contributed by atoms with Gasteiger partial charge in [-0.25, -0.2) is 4.79 Å². The topological polar surface area (TPSA) is 109 Å². The quantitative estimate of drug-likeness (QED) is 0.449.